The summed E-state index contributed by atoms with van der Waals surface area (Å²) in [4.78, 5) is 2.30. The van der Waals surface area contributed by atoms with Gasteiger partial charge in [0.1, 0.15) is 0 Å². The van der Waals surface area contributed by atoms with Crippen LogP contribution in [0.15, 0.2) is 60.7 Å². The Kier molecular flexibility index (Phi) is 5.44. The number of hydrogen-bond acceptors (Lipinski definition) is 3. The van der Waals surface area contributed by atoms with Gasteiger partial charge < -0.3 is 10.2 Å². The molecule has 1 fully saturated rings. The Morgan fingerprint density at radius 3 is 1.83 bits per heavy atom. The molecule has 0 saturated heterocycles. The molecule has 0 bridgehead atoms. The first-order valence-corrected chi connectivity index (χ1v) is 8.42. The Balaban J connectivity index is 1.80. The molecule has 0 radical (unpaired) electrons. The lowest BCUT2D eigenvalue weighted by molar-refractivity contribution is -0.0689. The molecule has 2 N–H and O–H groups in total. The molecule has 0 aromatic heterocycles. The molecule has 3 nitrogen and oxygen atoms in total. The zero-order chi connectivity index (χ0) is 16.1. The number of benzene rings is 2. The van der Waals surface area contributed by atoms with Gasteiger partial charge in [0.15, 0.2) is 0 Å². The van der Waals surface area contributed by atoms with Crippen molar-refractivity contribution in [3.8, 4) is 0 Å². The highest BCUT2D eigenvalue weighted by Gasteiger charge is 2.34. The van der Waals surface area contributed by atoms with E-state index in [4.69, 9.17) is 0 Å². The number of aliphatic hydroxyl groups excluding tert-OH is 2. The smallest absolute Gasteiger partial charge is 0.0953 e. The lowest BCUT2D eigenvalue weighted by Crippen LogP contribution is -2.50. The Labute approximate surface area is 138 Å². The first-order valence-electron chi connectivity index (χ1n) is 8.42. The number of aliphatic hydroxyl groups is 2. The van der Waals surface area contributed by atoms with Gasteiger partial charge in [-0.2, -0.15) is 0 Å². The van der Waals surface area contributed by atoms with Crippen molar-refractivity contribution in [2.75, 3.05) is 0 Å². The molecule has 122 valence electrons. The summed E-state index contributed by atoms with van der Waals surface area (Å²) in [7, 11) is 0. The lowest BCUT2D eigenvalue weighted by Gasteiger charge is -2.40. The molecule has 3 rings (SSSR count). The molecular formula is C20H25NO2. The number of hydrogen-bond donors (Lipinski definition) is 2. The zero-order valence-electron chi connectivity index (χ0n) is 13.4. The Morgan fingerprint density at radius 2 is 1.30 bits per heavy atom. The second-order valence-corrected chi connectivity index (χ2v) is 6.43. The molecule has 1 aliphatic rings. The van der Waals surface area contributed by atoms with E-state index in [1.165, 1.54) is 11.1 Å². The van der Waals surface area contributed by atoms with Crippen molar-refractivity contribution in [2.45, 2.75) is 50.6 Å². The van der Waals surface area contributed by atoms with Crippen LogP contribution in [0.25, 0.3) is 0 Å². The van der Waals surface area contributed by atoms with Gasteiger partial charge in [-0.05, 0) is 30.4 Å². The van der Waals surface area contributed by atoms with Crippen LogP contribution in [0, 0.1) is 0 Å². The highest BCUT2D eigenvalue weighted by molar-refractivity contribution is 5.17. The minimum absolute atomic E-state index is 0.000776. The van der Waals surface area contributed by atoms with E-state index in [1.54, 1.807) is 0 Å². The summed E-state index contributed by atoms with van der Waals surface area (Å²) < 4.78 is 0. The monoisotopic (exact) mass is 311 g/mol. The summed E-state index contributed by atoms with van der Waals surface area (Å²) in [6.45, 7) is 1.56. The van der Waals surface area contributed by atoms with Gasteiger partial charge in [0.2, 0.25) is 0 Å². The molecule has 3 atom stereocenters. The van der Waals surface area contributed by atoms with Crippen molar-refractivity contribution < 1.29 is 10.2 Å². The van der Waals surface area contributed by atoms with E-state index in [0.717, 1.165) is 25.9 Å². The fourth-order valence-electron chi connectivity index (χ4n) is 3.46. The van der Waals surface area contributed by atoms with E-state index in [1.807, 2.05) is 36.4 Å². The van der Waals surface area contributed by atoms with Gasteiger partial charge in [0, 0.05) is 19.1 Å². The van der Waals surface area contributed by atoms with Crippen LogP contribution in [0.3, 0.4) is 0 Å². The van der Waals surface area contributed by atoms with Crippen molar-refractivity contribution in [1.29, 1.82) is 0 Å². The largest absolute Gasteiger partial charge is 0.390 e. The number of rotatable bonds is 5. The van der Waals surface area contributed by atoms with Gasteiger partial charge >= 0.3 is 0 Å². The first kappa shape index (κ1) is 16.2. The van der Waals surface area contributed by atoms with Gasteiger partial charge in [-0.25, -0.2) is 0 Å². The van der Waals surface area contributed by atoms with Gasteiger partial charge in [-0.3, -0.25) is 4.90 Å². The molecule has 0 amide bonds. The fraction of sp³-hybridized carbons (Fsp3) is 0.400. The summed E-state index contributed by atoms with van der Waals surface area (Å²) in [6, 6.07) is 20.7. The van der Waals surface area contributed by atoms with Gasteiger partial charge in [-0.15, -0.1) is 0 Å². The summed E-state index contributed by atoms with van der Waals surface area (Å²) in [5.74, 6) is 0. The predicted octanol–water partition coefficient (Wildman–Crippen LogP) is 2.96. The van der Waals surface area contributed by atoms with Crippen LogP contribution in [-0.4, -0.2) is 33.4 Å². The molecule has 0 spiro atoms. The Morgan fingerprint density at radius 1 is 0.783 bits per heavy atom. The van der Waals surface area contributed by atoms with Crippen LogP contribution in [0.1, 0.15) is 30.4 Å². The average Bonchev–Trinajstić information content (AvgIpc) is 2.59. The molecular weight excluding hydrogens is 286 g/mol. The number of nitrogens with zero attached hydrogens (tertiary/aromatic N) is 1. The van der Waals surface area contributed by atoms with Crippen molar-refractivity contribution >= 4 is 0 Å². The van der Waals surface area contributed by atoms with E-state index in [9.17, 15) is 10.2 Å². The third kappa shape index (κ3) is 4.20. The lowest BCUT2D eigenvalue weighted by atomic mass is 9.88. The second kappa shape index (κ2) is 7.73. The van der Waals surface area contributed by atoms with E-state index < -0.39 is 12.2 Å². The van der Waals surface area contributed by atoms with E-state index >= 15 is 0 Å². The SMILES string of the molecule is O[C@H]1[C@@H](O)CCC[C@@H]1N(Cc1ccccc1)Cc1ccccc1. The average molecular weight is 311 g/mol. The van der Waals surface area contributed by atoms with Crippen LogP contribution >= 0.6 is 0 Å². The van der Waals surface area contributed by atoms with E-state index in [2.05, 4.69) is 29.2 Å². The quantitative estimate of drug-likeness (QED) is 0.892. The Bertz CT molecular complexity index is 546. The van der Waals surface area contributed by atoms with Gasteiger partial charge in [-0.1, -0.05) is 60.7 Å². The van der Waals surface area contributed by atoms with Gasteiger partial charge in [0.25, 0.3) is 0 Å². The van der Waals surface area contributed by atoms with Crippen LogP contribution < -0.4 is 0 Å². The van der Waals surface area contributed by atoms with Crippen molar-refractivity contribution in [2.24, 2.45) is 0 Å². The summed E-state index contributed by atoms with van der Waals surface area (Å²) in [5.41, 5.74) is 2.46. The molecule has 1 saturated carbocycles. The summed E-state index contributed by atoms with van der Waals surface area (Å²) in [6.07, 6.45) is 1.31. The fourth-order valence-corrected chi connectivity index (χ4v) is 3.46. The van der Waals surface area contributed by atoms with Gasteiger partial charge in [0.05, 0.1) is 12.2 Å². The molecule has 3 heteroatoms. The van der Waals surface area contributed by atoms with Crippen molar-refractivity contribution in [1.82, 2.24) is 4.90 Å². The highest BCUT2D eigenvalue weighted by atomic mass is 16.3. The summed E-state index contributed by atoms with van der Waals surface area (Å²) >= 11 is 0. The second-order valence-electron chi connectivity index (χ2n) is 6.43. The van der Waals surface area contributed by atoms with Crippen LogP contribution in [0.2, 0.25) is 0 Å². The topological polar surface area (TPSA) is 43.7 Å². The van der Waals surface area contributed by atoms with Crippen LogP contribution in [0.5, 0.6) is 0 Å². The van der Waals surface area contributed by atoms with E-state index in [0.29, 0.717) is 6.42 Å². The predicted molar refractivity (Wildman–Crippen MR) is 91.8 cm³/mol. The Hall–Kier alpha value is -1.68. The molecule has 1 aliphatic carbocycles. The standard InChI is InChI=1S/C20H25NO2/c22-19-13-7-12-18(20(19)23)21(14-16-8-3-1-4-9-16)15-17-10-5-2-6-11-17/h1-6,8-11,18-20,22-23H,7,12-15H2/t18-,19-,20+/m0/s1. The van der Waals surface area contributed by atoms with Crippen molar-refractivity contribution in [3.63, 3.8) is 0 Å². The molecule has 2 aromatic carbocycles. The molecule has 0 unspecified atom stereocenters. The van der Waals surface area contributed by atoms with Crippen LogP contribution in [-0.2, 0) is 13.1 Å². The third-order valence-electron chi connectivity index (χ3n) is 4.71. The highest BCUT2D eigenvalue weighted by Crippen LogP contribution is 2.26. The first-order chi connectivity index (χ1) is 11.2. The maximum absolute atomic E-state index is 10.5. The molecule has 0 heterocycles. The van der Waals surface area contributed by atoms with Crippen molar-refractivity contribution in [3.05, 3.63) is 71.8 Å². The normalized spacial score (nSPS) is 24.7. The van der Waals surface area contributed by atoms with Crippen LogP contribution in [0.4, 0.5) is 0 Å². The van der Waals surface area contributed by atoms with E-state index in [-0.39, 0.29) is 6.04 Å². The molecule has 23 heavy (non-hydrogen) atoms. The molecule has 0 aliphatic heterocycles. The minimum Gasteiger partial charge on any atom is -0.390 e. The summed E-state index contributed by atoms with van der Waals surface area (Å²) in [5, 5.41) is 20.5. The maximum Gasteiger partial charge on any atom is 0.0953 e. The minimum atomic E-state index is -0.670. The zero-order valence-corrected chi connectivity index (χ0v) is 13.4. The molecule has 2 aromatic rings. The maximum atomic E-state index is 10.5. The third-order valence-corrected chi connectivity index (χ3v) is 4.71.